The van der Waals surface area contributed by atoms with Crippen LogP contribution >= 0.6 is 0 Å². The summed E-state index contributed by atoms with van der Waals surface area (Å²) in [6.45, 7) is -5.52. The zero-order valence-corrected chi connectivity index (χ0v) is 5.73. The summed E-state index contributed by atoms with van der Waals surface area (Å²) in [7, 11) is 0. The van der Waals surface area contributed by atoms with Crippen LogP contribution in [0.3, 0.4) is 0 Å². The number of ether oxygens (including phenoxy) is 1. The first-order chi connectivity index (χ1) is 8.23. The Morgan fingerprint density at radius 3 is 3.30 bits per heavy atom. The van der Waals surface area contributed by atoms with E-state index in [0.717, 1.165) is 0 Å². The Balaban J connectivity index is 5.76. The maximum atomic E-state index is 11.7. The predicted octanol–water partition coefficient (Wildman–Crippen LogP) is 1.99. The van der Waals surface area contributed by atoms with Gasteiger partial charge in [0.25, 0.3) is 0 Å². The Morgan fingerprint density at radius 1 is 2.00 bits per heavy atom. The van der Waals surface area contributed by atoms with Gasteiger partial charge in [-0.2, -0.15) is 0 Å². The Kier molecular flexibility index (Phi) is 1.17. The molecule has 1 unspecified atom stereocenters. The van der Waals surface area contributed by atoms with Crippen molar-refractivity contribution in [3.63, 3.8) is 0 Å². The molecule has 0 aliphatic carbocycles. The van der Waals surface area contributed by atoms with Gasteiger partial charge in [-0.15, -0.1) is 0 Å². The molecule has 0 fully saturated rings. The summed E-state index contributed by atoms with van der Waals surface area (Å²) in [4.78, 5) is 11.7. The smallest absolute Gasteiger partial charge is 0.308 e. The van der Waals surface area contributed by atoms with Gasteiger partial charge in [-0.1, -0.05) is 20.6 Å². The second-order valence-electron chi connectivity index (χ2n) is 1.64. The van der Waals surface area contributed by atoms with E-state index in [-0.39, 0.29) is 6.61 Å². The van der Waals surface area contributed by atoms with Crippen molar-refractivity contribution in [3.05, 3.63) is 0 Å². The molecule has 0 aromatic heterocycles. The summed E-state index contributed by atoms with van der Waals surface area (Å²) in [6.07, 6.45) is -3.24. The molecule has 0 amide bonds. The van der Waals surface area contributed by atoms with Crippen LogP contribution in [0.5, 0.6) is 0 Å². The van der Waals surface area contributed by atoms with Gasteiger partial charge in [-0.25, -0.2) is 0 Å². The van der Waals surface area contributed by atoms with Crippen LogP contribution < -0.4 is 0 Å². The summed E-state index contributed by atoms with van der Waals surface area (Å²) in [5.41, 5.74) is 0. The molecular weight excluding hydrogens is 128 g/mol. The van der Waals surface area contributed by atoms with Crippen molar-refractivity contribution in [2.24, 2.45) is 5.89 Å². The van der Waals surface area contributed by atoms with Crippen LogP contribution in [0.2, 0.25) is 0 Å². The van der Waals surface area contributed by atoms with E-state index in [1.54, 1.807) is 6.92 Å². The third kappa shape index (κ3) is 3.49. The number of rotatable bonds is 4. The van der Waals surface area contributed by atoms with Gasteiger partial charge < -0.3 is 4.74 Å². The molecular formula is C8H16O2. The molecule has 0 aliphatic heterocycles. The van der Waals surface area contributed by atoms with Crippen molar-refractivity contribution < 1.29 is 21.9 Å². The van der Waals surface area contributed by atoms with E-state index < -0.39 is 31.9 Å². The highest BCUT2D eigenvalue weighted by Gasteiger charge is 2.10. The maximum absolute atomic E-state index is 11.7. The first kappa shape index (κ1) is 2.23. The number of carbonyl (C=O) groups is 1. The van der Waals surface area contributed by atoms with Crippen LogP contribution in [-0.2, 0) is 9.53 Å². The highest BCUT2D eigenvalue weighted by Crippen LogP contribution is 2.02. The predicted molar refractivity (Wildman–Crippen MR) is 40.7 cm³/mol. The lowest BCUT2D eigenvalue weighted by Gasteiger charge is -2.07. The quantitative estimate of drug-likeness (QED) is 0.577. The molecule has 2 heteroatoms. The first-order valence-corrected chi connectivity index (χ1v) is 2.90. The standard InChI is InChI=1S/C8H16O2/c1-4-6-10-8(9)7(3)5-2/h7H,4-6H2,1-3H3/i2D3,3D3,5D2,7D. The molecule has 0 saturated carbocycles. The normalized spacial score (nSPS) is 33.1. The molecule has 0 bridgehead atoms. The minimum absolute atomic E-state index is 0.216. The fraction of sp³-hybridized carbons (Fsp3) is 0.875. The molecule has 0 aliphatic rings. The Morgan fingerprint density at radius 2 is 2.80 bits per heavy atom. The van der Waals surface area contributed by atoms with E-state index in [9.17, 15) is 4.79 Å². The monoisotopic (exact) mass is 153 g/mol. The van der Waals surface area contributed by atoms with Gasteiger partial charge in [0.1, 0.15) is 0 Å². The largest absolute Gasteiger partial charge is 0.465 e. The first-order valence-electron chi connectivity index (χ1n) is 7.40. The molecule has 0 aromatic carbocycles. The van der Waals surface area contributed by atoms with Gasteiger partial charge in [0, 0.05) is 12.3 Å². The van der Waals surface area contributed by atoms with Crippen molar-refractivity contribution in [2.45, 2.75) is 33.4 Å². The minimum atomic E-state index is -3.57. The molecule has 10 heavy (non-hydrogen) atoms. The van der Waals surface area contributed by atoms with Crippen molar-refractivity contribution in [3.8, 4) is 0 Å². The molecule has 0 N–H and O–H groups in total. The van der Waals surface area contributed by atoms with Crippen molar-refractivity contribution in [2.75, 3.05) is 6.61 Å². The van der Waals surface area contributed by atoms with E-state index in [1.165, 1.54) is 0 Å². The molecule has 0 spiro atoms. The maximum Gasteiger partial charge on any atom is 0.308 e. The van der Waals surface area contributed by atoms with Gasteiger partial charge in [0.2, 0.25) is 0 Å². The molecule has 1 atom stereocenters. The molecule has 0 radical (unpaired) electrons. The zero-order chi connectivity index (χ0) is 15.7. The average Bonchev–Trinajstić information content (AvgIpc) is 2.21. The summed E-state index contributed by atoms with van der Waals surface area (Å²) >= 11 is 0. The second-order valence-corrected chi connectivity index (χ2v) is 1.64. The molecule has 0 aromatic rings. The van der Waals surface area contributed by atoms with Crippen molar-refractivity contribution in [1.29, 1.82) is 0 Å². The number of carbonyl (C=O) groups excluding carboxylic acids is 1. The lowest BCUT2D eigenvalue weighted by molar-refractivity contribution is -0.148. The molecule has 60 valence electrons. The van der Waals surface area contributed by atoms with Gasteiger partial charge >= 0.3 is 5.97 Å². The van der Waals surface area contributed by atoms with Crippen LogP contribution in [0.1, 0.15) is 45.8 Å². The van der Waals surface area contributed by atoms with Gasteiger partial charge in [-0.05, 0) is 12.8 Å². The Labute approximate surface area is 75.2 Å². The van der Waals surface area contributed by atoms with Gasteiger partial charge in [0.15, 0.2) is 0 Å². The summed E-state index contributed by atoms with van der Waals surface area (Å²) in [5, 5.41) is 0. The zero-order valence-electron chi connectivity index (χ0n) is 14.7. The number of esters is 1. The van der Waals surface area contributed by atoms with E-state index in [1.807, 2.05) is 0 Å². The lowest BCUT2D eigenvalue weighted by atomic mass is 10.1. The van der Waals surface area contributed by atoms with E-state index in [4.69, 9.17) is 12.3 Å². The lowest BCUT2D eigenvalue weighted by Crippen LogP contribution is -2.14. The third-order valence-electron chi connectivity index (χ3n) is 0.766. The highest BCUT2D eigenvalue weighted by atomic mass is 16.5. The van der Waals surface area contributed by atoms with Crippen molar-refractivity contribution in [1.82, 2.24) is 0 Å². The van der Waals surface area contributed by atoms with Gasteiger partial charge in [-0.3, -0.25) is 4.79 Å². The Hall–Kier alpha value is -0.530. The number of hydrogen-bond donors (Lipinski definition) is 0. The Bertz CT molecular complexity index is 332. The molecule has 0 saturated heterocycles. The SMILES string of the molecule is [2H]C([2H])([2H])C([2H])([2H])C([2H])(C(=O)OCCC)C([2H])([2H])[2H]. The van der Waals surface area contributed by atoms with Gasteiger partial charge in [0.05, 0.1) is 12.5 Å². The highest BCUT2D eigenvalue weighted by molar-refractivity contribution is 5.71. The van der Waals surface area contributed by atoms with Crippen molar-refractivity contribution >= 4 is 5.97 Å². The summed E-state index contributed by atoms with van der Waals surface area (Å²) < 4.78 is 69.4. The molecule has 0 heterocycles. The van der Waals surface area contributed by atoms with Crippen LogP contribution in [0.4, 0.5) is 0 Å². The fourth-order valence-corrected chi connectivity index (χ4v) is 0.318. The van der Waals surface area contributed by atoms with E-state index >= 15 is 0 Å². The van der Waals surface area contributed by atoms with E-state index in [0.29, 0.717) is 6.42 Å². The van der Waals surface area contributed by atoms with E-state index in [2.05, 4.69) is 4.74 Å². The molecule has 2 nitrogen and oxygen atoms in total. The minimum Gasteiger partial charge on any atom is -0.465 e. The third-order valence-corrected chi connectivity index (χ3v) is 0.766. The van der Waals surface area contributed by atoms with Crippen LogP contribution in [-0.4, -0.2) is 12.6 Å². The summed E-state index contributed by atoms with van der Waals surface area (Å²) in [5.74, 6) is -5.21. The van der Waals surface area contributed by atoms with Crippen LogP contribution in [0, 0.1) is 5.89 Å². The fourth-order valence-electron chi connectivity index (χ4n) is 0.318. The second kappa shape index (κ2) is 5.27. The average molecular weight is 153 g/mol. The topological polar surface area (TPSA) is 26.3 Å². The summed E-state index contributed by atoms with van der Waals surface area (Å²) in [6, 6.07) is 0. The van der Waals surface area contributed by atoms with Crippen LogP contribution in [0.15, 0.2) is 0 Å². The number of hydrogen-bond acceptors (Lipinski definition) is 2. The van der Waals surface area contributed by atoms with Crippen LogP contribution in [0.25, 0.3) is 0 Å². The molecule has 0 rings (SSSR count).